The van der Waals surface area contributed by atoms with E-state index < -0.39 is 10.1 Å². The van der Waals surface area contributed by atoms with Crippen LogP contribution in [0.4, 0.5) is 0 Å². The highest BCUT2D eigenvalue weighted by atomic mass is 35.5. The first kappa shape index (κ1) is 17.5. The second-order valence-corrected chi connectivity index (χ2v) is 8.65. The van der Waals surface area contributed by atoms with E-state index in [1.807, 2.05) is 17.5 Å². The molecule has 1 fully saturated rings. The molecule has 0 saturated heterocycles. The second-order valence-electron chi connectivity index (χ2n) is 6.68. The molecular weight excluding hydrogens is 374 g/mol. The highest BCUT2D eigenvalue weighted by molar-refractivity contribution is 7.86. The number of hydrogen-bond acceptors (Lipinski definition) is 5. The molecule has 0 N–H and O–H groups in total. The Labute approximate surface area is 156 Å². The molecule has 0 radical (unpaired) electrons. The zero-order valence-corrected chi connectivity index (χ0v) is 15.7. The predicted molar refractivity (Wildman–Crippen MR) is 97.8 cm³/mol. The first-order valence-electron chi connectivity index (χ1n) is 8.37. The van der Waals surface area contributed by atoms with Crippen molar-refractivity contribution in [1.29, 1.82) is 0 Å². The molecular formula is C18H18ClN3O3S. The Morgan fingerprint density at radius 2 is 1.96 bits per heavy atom. The summed E-state index contributed by atoms with van der Waals surface area (Å²) in [7, 11) is -3.71. The lowest BCUT2D eigenvalue weighted by Gasteiger charge is -2.34. The Balaban J connectivity index is 1.38. The zero-order chi connectivity index (χ0) is 18.3. The Hall–Kier alpha value is -1.96. The van der Waals surface area contributed by atoms with Gasteiger partial charge in [-0.3, -0.25) is 8.58 Å². The van der Waals surface area contributed by atoms with E-state index in [9.17, 15) is 8.42 Å². The van der Waals surface area contributed by atoms with Crippen molar-refractivity contribution in [1.82, 2.24) is 14.4 Å². The molecule has 4 rings (SSSR count). The summed E-state index contributed by atoms with van der Waals surface area (Å²) in [6, 6.07) is 6.67. The molecule has 1 saturated carbocycles. The van der Waals surface area contributed by atoms with Crippen LogP contribution >= 0.6 is 11.6 Å². The fourth-order valence-corrected chi connectivity index (χ4v) is 4.43. The van der Waals surface area contributed by atoms with E-state index in [0.717, 1.165) is 29.7 Å². The Morgan fingerprint density at radius 1 is 1.23 bits per heavy atom. The Morgan fingerprint density at radius 3 is 2.69 bits per heavy atom. The number of nitrogens with zero attached hydrogens (tertiary/aromatic N) is 3. The van der Waals surface area contributed by atoms with E-state index in [2.05, 4.69) is 9.97 Å². The molecule has 0 amide bonds. The van der Waals surface area contributed by atoms with E-state index in [4.69, 9.17) is 15.8 Å². The number of rotatable bonds is 5. The molecule has 1 aliphatic carbocycles. The normalized spacial score (nSPS) is 20.2. The minimum Gasteiger partial charge on any atom is -0.299 e. The molecule has 8 heteroatoms. The molecule has 1 aliphatic rings. The number of aromatic nitrogens is 3. The van der Waals surface area contributed by atoms with Crippen LogP contribution in [0.25, 0.3) is 5.52 Å². The van der Waals surface area contributed by atoms with Crippen LogP contribution in [0.2, 0.25) is 5.15 Å². The fraction of sp³-hybridized carbons (Fsp3) is 0.333. The highest BCUT2D eigenvalue weighted by Gasteiger charge is 2.34. The lowest BCUT2D eigenvalue weighted by atomic mass is 9.75. The van der Waals surface area contributed by atoms with E-state index in [1.54, 1.807) is 36.7 Å². The SMILES string of the molecule is Cc1ccc(S(=O)(=O)OC[C@H]2C[C@H](c3ncc4c(Cl)nccn43)C2)cc1. The average Bonchev–Trinajstić information content (AvgIpc) is 2.99. The van der Waals surface area contributed by atoms with Crippen LogP contribution in [0, 0.1) is 12.8 Å². The molecule has 3 aromatic rings. The highest BCUT2D eigenvalue weighted by Crippen LogP contribution is 2.41. The van der Waals surface area contributed by atoms with Gasteiger partial charge in [-0.1, -0.05) is 29.3 Å². The number of imidazole rings is 1. The van der Waals surface area contributed by atoms with Gasteiger partial charge < -0.3 is 0 Å². The molecule has 2 aromatic heterocycles. The lowest BCUT2D eigenvalue weighted by Crippen LogP contribution is -2.28. The Kier molecular flexibility index (Phi) is 4.46. The van der Waals surface area contributed by atoms with Gasteiger partial charge in [-0.05, 0) is 37.8 Å². The molecule has 6 nitrogen and oxygen atoms in total. The van der Waals surface area contributed by atoms with Crippen molar-refractivity contribution in [2.24, 2.45) is 5.92 Å². The molecule has 2 heterocycles. The number of hydrogen-bond donors (Lipinski definition) is 0. The molecule has 0 bridgehead atoms. The summed E-state index contributed by atoms with van der Waals surface area (Å²) in [6.07, 6.45) is 6.88. The van der Waals surface area contributed by atoms with Gasteiger partial charge in [0.1, 0.15) is 11.3 Å². The minimum atomic E-state index is -3.71. The van der Waals surface area contributed by atoms with Crippen LogP contribution in [0.3, 0.4) is 0 Å². The quantitative estimate of drug-likeness (QED) is 0.621. The first-order chi connectivity index (χ1) is 12.4. The summed E-state index contributed by atoms with van der Waals surface area (Å²) < 4.78 is 31.7. The maximum absolute atomic E-state index is 12.3. The standard InChI is InChI=1S/C18H18ClN3O3S/c1-12-2-4-15(5-3-12)26(23,24)25-11-13-8-14(9-13)18-21-10-16-17(19)20-6-7-22(16)18/h2-7,10,13-14H,8-9,11H2,1H3/t13-,14-. The molecule has 0 aliphatic heterocycles. The van der Waals surface area contributed by atoms with Gasteiger partial charge in [-0.2, -0.15) is 8.42 Å². The largest absolute Gasteiger partial charge is 0.299 e. The van der Waals surface area contributed by atoms with E-state index in [-0.39, 0.29) is 23.3 Å². The third-order valence-corrected chi connectivity index (χ3v) is 6.40. The van der Waals surface area contributed by atoms with Crippen LogP contribution in [-0.2, 0) is 14.3 Å². The van der Waals surface area contributed by atoms with E-state index in [0.29, 0.717) is 5.15 Å². The van der Waals surface area contributed by atoms with Gasteiger partial charge in [0.15, 0.2) is 5.15 Å². The summed E-state index contributed by atoms with van der Waals surface area (Å²) in [5.74, 6) is 1.40. The average molecular weight is 392 g/mol. The molecule has 26 heavy (non-hydrogen) atoms. The van der Waals surface area contributed by atoms with Crippen molar-refractivity contribution in [3.63, 3.8) is 0 Å². The number of benzene rings is 1. The molecule has 0 unspecified atom stereocenters. The summed E-state index contributed by atoms with van der Waals surface area (Å²) in [4.78, 5) is 8.70. The van der Waals surface area contributed by atoms with Crippen LogP contribution in [0.1, 0.15) is 30.1 Å². The smallest absolute Gasteiger partial charge is 0.296 e. The fourth-order valence-electron chi connectivity index (χ4n) is 3.26. The van der Waals surface area contributed by atoms with Gasteiger partial charge >= 0.3 is 0 Å². The number of aryl methyl sites for hydroxylation is 1. The summed E-state index contributed by atoms with van der Waals surface area (Å²) in [6.45, 7) is 2.10. The van der Waals surface area contributed by atoms with Crippen molar-refractivity contribution >= 4 is 27.2 Å². The third-order valence-electron chi connectivity index (χ3n) is 4.81. The molecule has 0 atom stereocenters. The van der Waals surface area contributed by atoms with Crippen molar-refractivity contribution in [3.05, 3.63) is 59.4 Å². The lowest BCUT2D eigenvalue weighted by molar-refractivity contribution is 0.158. The van der Waals surface area contributed by atoms with Gasteiger partial charge in [0.05, 0.1) is 17.7 Å². The van der Waals surface area contributed by atoms with Crippen LogP contribution in [-0.4, -0.2) is 29.4 Å². The maximum Gasteiger partial charge on any atom is 0.296 e. The summed E-state index contributed by atoms with van der Waals surface area (Å²) in [5.41, 5.74) is 1.79. The zero-order valence-electron chi connectivity index (χ0n) is 14.2. The van der Waals surface area contributed by atoms with Gasteiger partial charge in [-0.25, -0.2) is 9.97 Å². The van der Waals surface area contributed by atoms with Gasteiger partial charge in [-0.15, -0.1) is 0 Å². The molecule has 0 spiro atoms. The third kappa shape index (κ3) is 3.22. The molecule has 136 valence electrons. The predicted octanol–water partition coefficient (Wildman–Crippen LogP) is 3.59. The second kappa shape index (κ2) is 6.64. The van der Waals surface area contributed by atoms with Crippen molar-refractivity contribution in [2.75, 3.05) is 6.61 Å². The van der Waals surface area contributed by atoms with Crippen molar-refractivity contribution < 1.29 is 12.6 Å². The van der Waals surface area contributed by atoms with Crippen LogP contribution in [0.5, 0.6) is 0 Å². The molecule has 1 aromatic carbocycles. The first-order valence-corrected chi connectivity index (χ1v) is 10.2. The number of halogens is 1. The Bertz CT molecular complexity index is 1040. The van der Waals surface area contributed by atoms with Crippen molar-refractivity contribution in [2.45, 2.75) is 30.6 Å². The number of fused-ring (bicyclic) bond motifs is 1. The van der Waals surface area contributed by atoms with Crippen LogP contribution in [0.15, 0.2) is 47.8 Å². The van der Waals surface area contributed by atoms with E-state index in [1.165, 1.54) is 0 Å². The van der Waals surface area contributed by atoms with Gasteiger partial charge in [0, 0.05) is 18.3 Å². The summed E-state index contributed by atoms with van der Waals surface area (Å²) >= 11 is 6.07. The minimum absolute atomic E-state index is 0.193. The van der Waals surface area contributed by atoms with E-state index >= 15 is 0 Å². The maximum atomic E-state index is 12.3. The summed E-state index contributed by atoms with van der Waals surface area (Å²) in [5, 5.41) is 0.426. The van der Waals surface area contributed by atoms with Crippen molar-refractivity contribution in [3.8, 4) is 0 Å². The van der Waals surface area contributed by atoms with Gasteiger partial charge in [0.25, 0.3) is 10.1 Å². The monoisotopic (exact) mass is 391 g/mol. The van der Waals surface area contributed by atoms with Gasteiger partial charge in [0.2, 0.25) is 0 Å². The van der Waals surface area contributed by atoms with Crippen LogP contribution < -0.4 is 0 Å². The topological polar surface area (TPSA) is 73.6 Å².